The summed E-state index contributed by atoms with van der Waals surface area (Å²) in [7, 11) is 1.62. The maximum absolute atomic E-state index is 11.4. The largest absolute Gasteiger partial charge is 0.497 e. The standard InChI is InChI=1S/C18H18N4O3.C2HF3O2/c1-25-14-4-2-12(3-5-14)15-10-13(6-8-20-15)16-11-17(18(23)24)22(21-16)9-7-19;3-2(4,5)1(6)7/h2-6,8,10-11H,7,9,19H2,1H3,(H,23,24);(H,6,7). The van der Waals surface area contributed by atoms with Crippen LogP contribution in [0.15, 0.2) is 48.7 Å². The van der Waals surface area contributed by atoms with Gasteiger partial charge in [0.05, 0.1) is 25.0 Å². The van der Waals surface area contributed by atoms with E-state index in [0.717, 1.165) is 22.6 Å². The number of nitrogens with two attached hydrogens (primary N) is 1. The Morgan fingerprint density at radius 2 is 1.69 bits per heavy atom. The molecule has 0 amide bonds. The van der Waals surface area contributed by atoms with Crippen molar-refractivity contribution < 1.29 is 37.7 Å². The van der Waals surface area contributed by atoms with E-state index in [-0.39, 0.29) is 5.69 Å². The van der Waals surface area contributed by atoms with Crippen LogP contribution >= 0.6 is 0 Å². The number of pyridine rings is 1. The maximum atomic E-state index is 11.4. The predicted molar refractivity (Wildman–Crippen MR) is 107 cm³/mol. The van der Waals surface area contributed by atoms with Crippen molar-refractivity contribution in [1.82, 2.24) is 14.8 Å². The van der Waals surface area contributed by atoms with E-state index < -0.39 is 18.1 Å². The van der Waals surface area contributed by atoms with Crippen LogP contribution in [0.4, 0.5) is 13.2 Å². The molecule has 0 aliphatic carbocycles. The van der Waals surface area contributed by atoms with E-state index in [2.05, 4.69) is 10.1 Å². The lowest BCUT2D eigenvalue weighted by molar-refractivity contribution is -0.192. The minimum absolute atomic E-state index is 0.114. The van der Waals surface area contributed by atoms with Gasteiger partial charge in [-0.1, -0.05) is 0 Å². The lowest BCUT2D eigenvalue weighted by Gasteiger charge is -2.05. The van der Waals surface area contributed by atoms with E-state index in [1.807, 2.05) is 30.3 Å². The Balaban J connectivity index is 0.000000451. The van der Waals surface area contributed by atoms with Gasteiger partial charge in [0, 0.05) is 23.9 Å². The zero-order valence-electron chi connectivity index (χ0n) is 16.7. The highest BCUT2D eigenvalue weighted by Gasteiger charge is 2.38. The number of alkyl halides is 3. The van der Waals surface area contributed by atoms with E-state index in [1.54, 1.807) is 25.4 Å². The van der Waals surface area contributed by atoms with E-state index in [9.17, 15) is 23.1 Å². The first-order valence-corrected chi connectivity index (χ1v) is 8.99. The number of benzene rings is 1. The Kier molecular flexibility index (Phi) is 7.91. The molecule has 0 saturated carbocycles. The molecule has 0 fully saturated rings. The number of ether oxygens (including phenoxy) is 1. The number of nitrogens with zero attached hydrogens (tertiary/aromatic N) is 3. The van der Waals surface area contributed by atoms with Crippen molar-refractivity contribution in [2.24, 2.45) is 5.73 Å². The SMILES string of the molecule is COc1ccc(-c2cc(-c3cc(C(=O)O)n(CCN)n3)ccn2)cc1.O=C(O)C(F)(F)F. The highest BCUT2D eigenvalue weighted by atomic mass is 19.4. The van der Waals surface area contributed by atoms with Crippen molar-refractivity contribution in [3.63, 3.8) is 0 Å². The van der Waals surface area contributed by atoms with Crippen molar-refractivity contribution in [1.29, 1.82) is 0 Å². The average Bonchev–Trinajstić information content (AvgIpc) is 3.18. The van der Waals surface area contributed by atoms with Crippen molar-refractivity contribution in [3.8, 4) is 28.3 Å². The molecular weight excluding hydrogens is 433 g/mol. The molecule has 2 aromatic heterocycles. The Hall–Kier alpha value is -3.93. The fraction of sp³-hybridized carbons (Fsp3) is 0.200. The molecule has 9 nitrogen and oxygen atoms in total. The normalized spacial score (nSPS) is 10.8. The third kappa shape index (κ3) is 6.28. The number of aromatic nitrogens is 3. The van der Waals surface area contributed by atoms with Gasteiger partial charge in [-0.25, -0.2) is 9.59 Å². The molecule has 4 N–H and O–H groups in total. The number of carbonyl (C=O) groups is 2. The summed E-state index contributed by atoms with van der Waals surface area (Å²) < 4.78 is 38.3. The second-order valence-electron chi connectivity index (χ2n) is 6.19. The molecule has 12 heteroatoms. The first-order valence-electron chi connectivity index (χ1n) is 8.99. The fourth-order valence-corrected chi connectivity index (χ4v) is 2.53. The summed E-state index contributed by atoms with van der Waals surface area (Å²) in [6, 6.07) is 12.8. The van der Waals surface area contributed by atoms with Gasteiger partial charge in [-0.05, 0) is 42.5 Å². The van der Waals surface area contributed by atoms with Crippen LogP contribution in [0.5, 0.6) is 5.75 Å². The molecule has 1 aromatic carbocycles. The van der Waals surface area contributed by atoms with Crippen molar-refractivity contribution >= 4 is 11.9 Å². The third-order valence-electron chi connectivity index (χ3n) is 4.02. The summed E-state index contributed by atoms with van der Waals surface area (Å²) in [4.78, 5) is 24.6. The molecule has 3 rings (SSSR count). The molecule has 0 bridgehead atoms. The van der Waals surface area contributed by atoms with Crippen LogP contribution in [0.25, 0.3) is 22.5 Å². The molecule has 3 aromatic rings. The van der Waals surface area contributed by atoms with Crippen LogP contribution in [0.1, 0.15) is 10.5 Å². The van der Waals surface area contributed by atoms with Gasteiger partial charge in [-0.3, -0.25) is 9.67 Å². The van der Waals surface area contributed by atoms with Gasteiger partial charge in [-0.2, -0.15) is 18.3 Å². The van der Waals surface area contributed by atoms with Crippen LogP contribution in [-0.2, 0) is 11.3 Å². The van der Waals surface area contributed by atoms with Crippen LogP contribution in [0.2, 0.25) is 0 Å². The molecule has 0 atom stereocenters. The number of hydrogen-bond donors (Lipinski definition) is 3. The Labute approximate surface area is 179 Å². The lowest BCUT2D eigenvalue weighted by Crippen LogP contribution is -2.21. The summed E-state index contributed by atoms with van der Waals surface area (Å²) in [6.45, 7) is 0.660. The Morgan fingerprint density at radius 3 is 2.19 bits per heavy atom. The molecule has 0 spiro atoms. The zero-order valence-corrected chi connectivity index (χ0v) is 16.7. The number of methoxy groups -OCH3 is 1. The minimum Gasteiger partial charge on any atom is -0.497 e. The molecule has 2 heterocycles. The van der Waals surface area contributed by atoms with E-state index in [0.29, 0.717) is 18.8 Å². The van der Waals surface area contributed by atoms with Gasteiger partial charge in [0.15, 0.2) is 0 Å². The molecule has 0 unspecified atom stereocenters. The van der Waals surface area contributed by atoms with Crippen molar-refractivity contribution in [2.75, 3.05) is 13.7 Å². The van der Waals surface area contributed by atoms with Crippen LogP contribution < -0.4 is 10.5 Å². The monoisotopic (exact) mass is 452 g/mol. The molecule has 170 valence electrons. The van der Waals surface area contributed by atoms with E-state index in [1.165, 1.54) is 4.68 Å². The number of halogens is 3. The highest BCUT2D eigenvalue weighted by Crippen LogP contribution is 2.26. The second-order valence-corrected chi connectivity index (χ2v) is 6.19. The quantitative estimate of drug-likeness (QED) is 0.519. The molecule has 32 heavy (non-hydrogen) atoms. The van der Waals surface area contributed by atoms with Gasteiger partial charge in [0.1, 0.15) is 11.4 Å². The number of aromatic carboxylic acids is 1. The predicted octanol–water partition coefficient (Wildman–Crippen LogP) is 2.91. The van der Waals surface area contributed by atoms with Crippen LogP contribution in [-0.4, -0.2) is 56.7 Å². The summed E-state index contributed by atoms with van der Waals surface area (Å²) in [6.07, 6.45) is -3.41. The molecule has 0 saturated heterocycles. The zero-order chi connectivity index (χ0) is 23.9. The molecule has 0 aliphatic rings. The van der Waals surface area contributed by atoms with Crippen LogP contribution in [0, 0.1) is 0 Å². The highest BCUT2D eigenvalue weighted by molar-refractivity contribution is 5.87. The Bertz CT molecular complexity index is 1080. The van der Waals surface area contributed by atoms with E-state index in [4.69, 9.17) is 20.4 Å². The molecule has 0 aliphatic heterocycles. The van der Waals surface area contributed by atoms with Gasteiger partial charge < -0.3 is 20.7 Å². The Morgan fingerprint density at radius 1 is 1.06 bits per heavy atom. The lowest BCUT2D eigenvalue weighted by atomic mass is 10.1. The first kappa shape index (κ1) is 24.3. The maximum Gasteiger partial charge on any atom is 0.490 e. The summed E-state index contributed by atoms with van der Waals surface area (Å²) in [5.74, 6) is -3.02. The topological polar surface area (TPSA) is 141 Å². The summed E-state index contributed by atoms with van der Waals surface area (Å²) >= 11 is 0. The van der Waals surface area contributed by atoms with Gasteiger partial charge in [0.2, 0.25) is 0 Å². The first-order chi connectivity index (χ1) is 15.1. The number of hydrogen-bond acceptors (Lipinski definition) is 6. The van der Waals surface area contributed by atoms with Gasteiger partial charge >= 0.3 is 18.1 Å². The smallest absolute Gasteiger partial charge is 0.490 e. The van der Waals surface area contributed by atoms with Gasteiger partial charge in [-0.15, -0.1) is 0 Å². The number of aliphatic carboxylic acids is 1. The summed E-state index contributed by atoms with van der Waals surface area (Å²) in [5.41, 5.74) is 8.71. The van der Waals surface area contributed by atoms with Crippen molar-refractivity contribution in [2.45, 2.75) is 12.7 Å². The molecular formula is C20H19F3N4O5. The number of rotatable bonds is 6. The average molecular weight is 452 g/mol. The number of carboxylic acid groups (broad SMARTS) is 2. The van der Waals surface area contributed by atoms with Gasteiger partial charge in [0.25, 0.3) is 0 Å². The second kappa shape index (κ2) is 10.4. The molecule has 0 radical (unpaired) electrons. The third-order valence-corrected chi connectivity index (χ3v) is 4.02. The fourth-order valence-electron chi connectivity index (χ4n) is 2.53. The summed E-state index contributed by atoms with van der Waals surface area (Å²) in [5, 5.41) is 20.8. The van der Waals surface area contributed by atoms with Crippen molar-refractivity contribution in [3.05, 3.63) is 54.4 Å². The number of carboxylic acids is 2. The minimum atomic E-state index is -5.08. The van der Waals surface area contributed by atoms with Crippen LogP contribution in [0.3, 0.4) is 0 Å². The van der Waals surface area contributed by atoms with E-state index >= 15 is 0 Å².